The van der Waals surface area contributed by atoms with Gasteiger partial charge in [-0.15, -0.1) is 0 Å². The summed E-state index contributed by atoms with van der Waals surface area (Å²) in [5.41, 5.74) is 5.31. The number of primary amides is 1. The average Bonchev–Trinajstić information content (AvgIpc) is 2.83. The number of nitrogens with two attached hydrogens (primary N) is 1. The largest absolute Gasteiger partial charge is 0.369 e. The van der Waals surface area contributed by atoms with Gasteiger partial charge in [0, 0.05) is 39.3 Å². The van der Waals surface area contributed by atoms with Gasteiger partial charge in [0.05, 0.1) is 12.1 Å². The fraction of sp³-hybridized carbons (Fsp3) is 0.545. The van der Waals surface area contributed by atoms with Crippen molar-refractivity contribution in [1.82, 2.24) is 19.4 Å². The van der Waals surface area contributed by atoms with Crippen LogP contribution in [-0.4, -0.2) is 65.8 Å². The molecule has 1 unspecified atom stereocenters. The summed E-state index contributed by atoms with van der Waals surface area (Å²) in [4.78, 5) is 24.4. The molecule has 0 saturated carbocycles. The van der Waals surface area contributed by atoms with Crippen molar-refractivity contribution in [1.29, 1.82) is 0 Å². The molecule has 1 saturated heterocycles. The summed E-state index contributed by atoms with van der Waals surface area (Å²) in [5, 5.41) is 6.06. The number of carbonyl (C=O) groups excluding carboxylic acids is 2. The molecule has 10 heteroatoms. The van der Waals surface area contributed by atoms with E-state index in [2.05, 4.69) is 10.2 Å². The molecule has 3 N–H and O–H groups in total. The second-order valence-corrected chi connectivity index (χ2v) is 6.80. The fourth-order valence-electron chi connectivity index (χ4n) is 2.20. The van der Waals surface area contributed by atoms with Crippen LogP contribution in [-0.2, 0) is 19.6 Å². The van der Waals surface area contributed by atoms with Crippen molar-refractivity contribution in [3.8, 4) is 0 Å². The lowest BCUT2D eigenvalue weighted by molar-refractivity contribution is -0.130. The van der Waals surface area contributed by atoms with Crippen LogP contribution in [0.1, 0.15) is 6.92 Å². The molecule has 1 aliphatic rings. The van der Waals surface area contributed by atoms with Crippen LogP contribution < -0.4 is 5.73 Å². The van der Waals surface area contributed by atoms with E-state index in [4.69, 9.17) is 5.73 Å². The van der Waals surface area contributed by atoms with Crippen molar-refractivity contribution < 1.29 is 18.0 Å². The van der Waals surface area contributed by atoms with Crippen LogP contribution in [0, 0.1) is 5.92 Å². The number of hydrogen-bond donors (Lipinski definition) is 2. The standard InChI is InChI=1S/C11H17N5O4S/c1-8(17)15-2-3-16(7-9(6-15)11(12)18)21(19,20)10-4-13-14-5-10/h4-5,9H,2-3,6-7H2,1H3,(H2,12,18)(H,13,14). The molecule has 1 aromatic heterocycles. The van der Waals surface area contributed by atoms with Crippen molar-refractivity contribution in [3.63, 3.8) is 0 Å². The number of aromatic nitrogens is 2. The van der Waals surface area contributed by atoms with Gasteiger partial charge >= 0.3 is 0 Å². The molecule has 0 spiro atoms. The molecule has 1 fully saturated rings. The van der Waals surface area contributed by atoms with Crippen molar-refractivity contribution >= 4 is 21.8 Å². The first-order valence-corrected chi connectivity index (χ1v) is 7.80. The zero-order valence-corrected chi connectivity index (χ0v) is 12.3. The zero-order chi connectivity index (χ0) is 15.6. The second kappa shape index (κ2) is 5.82. The van der Waals surface area contributed by atoms with Gasteiger partial charge in [0.15, 0.2) is 0 Å². The highest BCUT2D eigenvalue weighted by Gasteiger charge is 2.34. The lowest BCUT2D eigenvalue weighted by Gasteiger charge is -2.21. The van der Waals surface area contributed by atoms with Gasteiger partial charge in [-0.25, -0.2) is 8.42 Å². The van der Waals surface area contributed by atoms with E-state index in [-0.39, 0.29) is 37.0 Å². The molecule has 1 atom stereocenters. The number of rotatable bonds is 3. The molecule has 2 heterocycles. The molecule has 0 aliphatic carbocycles. The Labute approximate surface area is 122 Å². The van der Waals surface area contributed by atoms with Crippen LogP contribution in [0.3, 0.4) is 0 Å². The maximum atomic E-state index is 12.5. The molecule has 0 radical (unpaired) electrons. The smallest absolute Gasteiger partial charge is 0.246 e. The molecule has 116 valence electrons. The predicted molar refractivity (Wildman–Crippen MR) is 72.3 cm³/mol. The Morgan fingerprint density at radius 2 is 2.10 bits per heavy atom. The third kappa shape index (κ3) is 3.22. The Bertz CT molecular complexity index is 627. The normalized spacial score (nSPS) is 21.0. The minimum Gasteiger partial charge on any atom is -0.369 e. The van der Waals surface area contributed by atoms with E-state index in [1.165, 1.54) is 24.2 Å². The highest BCUT2D eigenvalue weighted by atomic mass is 32.2. The third-order valence-corrected chi connectivity index (χ3v) is 5.27. The number of nitrogens with zero attached hydrogens (tertiary/aromatic N) is 3. The number of amides is 2. The molecule has 2 rings (SSSR count). The van der Waals surface area contributed by atoms with E-state index in [1.807, 2.05) is 0 Å². The average molecular weight is 315 g/mol. The van der Waals surface area contributed by atoms with Crippen LogP contribution in [0.2, 0.25) is 0 Å². The van der Waals surface area contributed by atoms with Crippen LogP contribution in [0.4, 0.5) is 0 Å². The van der Waals surface area contributed by atoms with Crippen LogP contribution in [0.25, 0.3) is 0 Å². The minimum absolute atomic E-state index is 0.0157. The predicted octanol–water partition coefficient (Wildman–Crippen LogP) is -1.64. The summed E-state index contributed by atoms with van der Waals surface area (Å²) < 4.78 is 26.1. The summed E-state index contributed by atoms with van der Waals surface area (Å²) in [5.74, 6) is -1.59. The first-order valence-electron chi connectivity index (χ1n) is 6.36. The van der Waals surface area contributed by atoms with Crippen LogP contribution in [0.5, 0.6) is 0 Å². The van der Waals surface area contributed by atoms with Crippen molar-refractivity contribution in [2.45, 2.75) is 11.8 Å². The molecule has 2 amide bonds. The number of aromatic amines is 1. The quantitative estimate of drug-likeness (QED) is 0.691. The molecule has 1 aromatic rings. The first kappa shape index (κ1) is 15.4. The molecule has 9 nitrogen and oxygen atoms in total. The highest BCUT2D eigenvalue weighted by molar-refractivity contribution is 7.89. The Morgan fingerprint density at radius 3 is 2.62 bits per heavy atom. The Balaban J connectivity index is 2.28. The van der Waals surface area contributed by atoms with E-state index < -0.39 is 21.8 Å². The van der Waals surface area contributed by atoms with E-state index in [9.17, 15) is 18.0 Å². The van der Waals surface area contributed by atoms with Gasteiger partial charge in [0.25, 0.3) is 0 Å². The van der Waals surface area contributed by atoms with Crippen LogP contribution >= 0.6 is 0 Å². The molecular weight excluding hydrogens is 298 g/mol. The second-order valence-electron chi connectivity index (χ2n) is 4.86. The van der Waals surface area contributed by atoms with Gasteiger partial charge in [0.2, 0.25) is 21.8 Å². The van der Waals surface area contributed by atoms with E-state index in [0.717, 1.165) is 4.31 Å². The maximum Gasteiger partial charge on any atom is 0.246 e. The maximum absolute atomic E-state index is 12.5. The third-order valence-electron chi connectivity index (χ3n) is 3.44. The van der Waals surface area contributed by atoms with Gasteiger partial charge in [-0.1, -0.05) is 0 Å². The molecule has 21 heavy (non-hydrogen) atoms. The summed E-state index contributed by atoms with van der Waals surface area (Å²) in [7, 11) is -3.76. The minimum atomic E-state index is -3.76. The van der Waals surface area contributed by atoms with Crippen molar-refractivity contribution in [2.75, 3.05) is 26.2 Å². The molecule has 0 bridgehead atoms. The highest BCUT2D eigenvalue weighted by Crippen LogP contribution is 2.18. The topological polar surface area (TPSA) is 129 Å². The fourth-order valence-corrected chi connectivity index (χ4v) is 3.58. The molecule has 0 aromatic carbocycles. The number of H-pyrrole nitrogens is 1. The monoisotopic (exact) mass is 315 g/mol. The van der Waals surface area contributed by atoms with Gasteiger partial charge in [0.1, 0.15) is 4.90 Å². The van der Waals surface area contributed by atoms with Crippen molar-refractivity contribution in [2.24, 2.45) is 11.7 Å². The van der Waals surface area contributed by atoms with E-state index in [1.54, 1.807) is 0 Å². The SMILES string of the molecule is CC(=O)N1CCN(S(=O)(=O)c2cn[nH]c2)CC(C(N)=O)C1. The number of hydrogen-bond acceptors (Lipinski definition) is 5. The van der Waals surface area contributed by atoms with E-state index >= 15 is 0 Å². The van der Waals surface area contributed by atoms with Crippen molar-refractivity contribution in [3.05, 3.63) is 12.4 Å². The van der Waals surface area contributed by atoms with Gasteiger partial charge < -0.3 is 10.6 Å². The summed E-state index contributed by atoms with van der Waals surface area (Å²) >= 11 is 0. The number of sulfonamides is 1. The van der Waals surface area contributed by atoms with Gasteiger partial charge in [-0.3, -0.25) is 14.7 Å². The molecule has 1 aliphatic heterocycles. The summed E-state index contributed by atoms with van der Waals surface area (Å²) in [6, 6.07) is 0. The number of carbonyl (C=O) groups is 2. The van der Waals surface area contributed by atoms with Gasteiger partial charge in [-0.2, -0.15) is 9.40 Å². The molecular formula is C11H17N5O4S. The Morgan fingerprint density at radius 1 is 1.38 bits per heavy atom. The first-order chi connectivity index (χ1) is 9.82. The van der Waals surface area contributed by atoms with Gasteiger partial charge in [-0.05, 0) is 0 Å². The zero-order valence-electron chi connectivity index (χ0n) is 11.5. The summed E-state index contributed by atoms with van der Waals surface area (Å²) in [6.07, 6.45) is 2.46. The number of nitrogens with one attached hydrogen (secondary N) is 1. The lowest BCUT2D eigenvalue weighted by Crippen LogP contribution is -2.40. The Kier molecular flexibility index (Phi) is 4.28. The van der Waals surface area contributed by atoms with Crippen LogP contribution in [0.15, 0.2) is 17.3 Å². The summed E-state index contributed by atoms with van der Waals surface area (Å²) in [6.45, 7) is 1.78. The van der Waals surface area contributed by atoms with E-state index in [0.29, 0.717) is 0 Å². The lowest BCUT2D eigenvalue weighted by atomic mass is 10.1. The Hall–Kier alpha value is -1.94.